The predicted molar refractivity (Wildman–Crippen MR) is 86.1 cm³/mol. The molecule has 0 atom stereocenters. The highest BCUT2D eigenvalue weighted by atomic mass is 32.1. The van der Waals surface area contributed by atoms with E-state index in [9.17, 15) is 23.3 Å². The van der Waals surface area contributed by atoms with Crippen molar-refractivity contribution in [2.75, 3.05) is 13.7 Å². The van der Waals surface area contributed by atoms with E-state index in [1.165, 1.54) is 24.5 Å². The van der Waals surface area contributed by atoms with E-state index >= 15 is 0 Å². The molecule has 25 heavy (non-hydrogen) atoms. The van der Waals surface area contributed by atoms with Crippen molar-refractivity contribution in [3.05, 3.63) is 50.2 Å². The van der Waals surface area contributed by atoms with Crippen LogP contribution in [-0.2, 0) is 13.1 Å². The standard InChI is InChI=1S/C15H15F3N2O4S/c1-23-13-4-11(7-19-6-10-2-3-25-8-10)12(20(21)22)5-14(13)24-9-15(16,17)18/h2-5,8,19H,6-7,9H2,1H3. The second kappa shape index (κ2) is 8.17. The summed E-state index contributed by atoms with van der Waals surface area (Å²) in [6.07, 6.45) is -4.56. The maximum absolute atomic E-state index is 12.3. The summed E-state index contributed by atoms with van der Waals surface area (Å²) in [4.78, 5) is 10.6. The molecule has 0 fully saturated rings. The summed E-state index contributed by atoms with van der Waals surface area (Å²) in [6, 6.07) is 4.18. The normalized spacial score (nSPS) is 11.4. The van der Waals surface area contributed by atoms with Crippen LogP contribution in [0.15, 0.2) is 29.0 Å². The molecule has 0 saturated carbocycles. The largest absolute Gasteiger partial charge is 0.493 e. The first-order chi connectivity index (χ1) is 11.8. The van der Waals surface area contributed by atoms with Crippen LogP contribution < -0.4 is 14.8 Å². The Morgan fingerprint density at radius 2 is 2.04 bits per heavy atom. The number of thiophene rings is 1. The van der Waals surface area contributed by atoms with Crippen LogP contribution in [-0.4, -0.2) is 24.8 Å². The van der Waals surface area contributed by atoms with Gasteiger partial charge in [-0.3, -0.25) is 10.1 Å². The van der Waals surface area contributed by atoms with Crippen molar-refractivity contribution in [2.45, 2.75) is 19.3 Å². The van der Waals surface area contributed by atoms with E-state index in [-0.39, 0.29) is 29.3 Å². The Morgan fingerprint density at radius 3 is 2.60 bits per heavy atom. The summed E-state index contributed by atoms with van der Waals surface area (Å²) in [7, 11) is 1.25. The number of halogens is 3. The number of hydrogen-bond acceptors (Lipinski definition) is 6. The maximum Gasteiger partial charge on any atom is 0.422 e. The zero-order valence-corrected chi connectivity index (χ0v) is 13.9. The lowest BCUT2D eigenvalue weighted by atomic mass is 10.1. The van der Waals surface area contributed by atoms with Gasteiger partial charge in [0.1, 0.15) is 0 Å². The number of nitrogens with zero attached hydrogens (tertiary/aromatic N) is 1. The molecule has 0 radical (unpaired) electrons. The summed E-state index contributed by atoms with van der Waals surface area (Å²) in [5, 5.41) is 18.1. The summed E-state index contributed by atoms with van der Waals surface area (Å²) in [5.74, 6) is -0.324. The molecule has 0 aliphatic carbocycles. The molecule has 6 nitrogen and oxygen atoms in total. The summed E-state index contributed by atoms with van der Waals surface area (Å²) in [5.41, 5.74) is 0.983. The molecule has 136 valence electrons. The second-order valence-electron chi connectivity index (χ2n) is 5.03. The fourth-order valence-corrected chi connectivity index (χ4v) is 2.74. The van der Waals surface area contributed by atoms with Crippen LogP contribution in [0.1, 0.15) is 11.1 Å². The van der Waals surface area contributed by atoms with Crippen LogP contribution >= 0.6 is 11.3 Å². The van der Waals surface area contributed by atoms with E-state index in [0.717, 1.165) is 11.6 Å². The van der Waals surface area contributed by atoms with E-state index in [1.807, 2.05) is 16.8 Å². The van der Waals surface area contributed by atoms with Gasteiger partial charge in [0, 0.05) is 18.7 Å². The van der Waals surface area contributed by atoms with Gasteiger partial charge in [-0.15, -0.1) is 0 Å². The Kier molecular flexibility index (Phi) is 6.21. The topological polar surface area (TPSA) is 73.6 Å². The Balaban J connectivity index is 2.18. The minimum Gasteiger partial charge on any atom is -0.493 e. The predicted octanol–water partition coefficient (Wildman–Crippen LogP) is 3.90. The third-order valence-corrected chi connectivity index (χ3v) is 3.91. The third kappa shape index (κ3) is 5.61. The summed E-state index contributed by atoms with van der Waals surface area (Å²) < 4.78 is 46.5. The lowest BCUT2D eigenvalue weighted by molar-refractivity contribution is -0.385. The lowest BCUT2D eigenvalue weighted by Crippen LogP contribution is -2.20. The van der Waals surface area contributed by atoms with Gasteiger partial charge in [0.2, 0.25) is 0 Å². The average Bonchev–Trinajstić information content (AvgIpc) is 3.05. The number of nitrogens with one attached hydrogen (secondary N) is 1. The smallest absolute Gasteiger partial charge is 0.422 e. The molecule has 2 aromatic rings. The Hall–Kier alpha value is -2.33. The van der Waals surface area contributed by atoms with Crippen molar-refractivity contribution in [1.82, 2.24) is 5.32 Å². The Labute approximate surface area is 145 Å². The average molecular weight is 376 g/mol. The number of alkyl halides is 3. The van der Waals surface area contributed by atoms with Crippen molar-refractivity contribution < 1.29 is 27.6 Å². The van der Waals surface area contributed by atoms with Gasteiger partial charge in [-0.2, -0.15) is 24.5 Å². The number of nitro groups is 1. The molecule has 0 unspecified atom stereocenters. The summed E-state index contributed by atoms with van der Waals surface area (Å²) >= 11 is 1.53. The van der Waals surface area contributed by atoms with Gasteiger partial charge in [-0.05, 0) is 28.5 Å². The molecular weight excluding hydrogens is 361 g/mol. The number of hydrogen-bond donors (Lipinski definition) is 1. The molecule has 10 heteroatoms. The van der Waals surface area contributed by atoms with E-state index in [4.69, 9.17) is 4.74 Å². The Bertz CT molecular complexity index is 720. The molecule has 0 aliphatic heterocycles. The molecule has 0 bridgehead atoms. The van der Waals surface area contributed by atoms with Crippen LogP contribution in [0.25, 0.3) is 0 Å². The molecule has 1 aromatic carbocycles. The van der Waals surface area contributed by atoms with Gasteiger partial charge >= 0.3 is 6.18 Å². The minimum atomic E-state index is -4.56. The van der Waals surface area contributed by atoms with Crippen LogP contribution in [0.4, 0.5) is 18.9 Å². The van der Waals surface area contributed by atoms with Crippen molar-refractivity contribution in [2.24, 2.45) is 0 Å². The van der Waals surface area contributed by atoms with Crippen LogP contribution in [0, 0.1) is 10.1 Å². The molecule has 0 spiro atoms. The van der Waals surface area contributed by atoms with E-state index in [2.05, 4.69) is 10.1 Å². The highest BCUT2D eigenvalue weighted by Gasteiger charge is 2.30. The van der Waals surface area contributed by atoms with Crippen molar-refractivity contribution >= 4 is 17.0 Å². The van der Waals surface area contributed by atoms with Crippen LogP contribution in [0.3, 0.4) is 0 Å². The van der Waals surface area contributed by atoms with Gasteiger partial charge in [0.25, 0.3) is 5.69 Å². The highest BCUT2D eigenvalue weighted by Crippen LogP contribution is 2.35. The first-order valence-electron chi connectivity index (χ1n) is 7.07. The van der Waals surface area contributed by atoms with Gasteiger partial charge in [-0.25, -0.2) is 0 Å². The number of rotatable bonds is 8. The molecule has 0 saturated heterocycles. The first-order valence-corrected chi connectivity index (χ1v) is 8.01. The summed E-state index contributed by atoms with van der Waals surface area (Å²) in [6.45, 7) is -0.895. The van der Waals surface area contributed by atoms with Crippen LogP contribution in [0.2, 0.25) is 0 Å². The zero-order valence-electron chi connectivity index (χ0n) is 13.1. The third-order valence-electron chi connectivity index (χ3n) is 3.18. The molecule has 1 N–H and O–H groups in total. The van der Waals surface area contributed by atoms with Crippen molar-refractivity contribution in [3.63, 3.8) is 0 Å². The number of ether oxygens (including phenoxy) is 2. The number of benzene rings is 1. The number of nitro benzene ring substituents is 1. The van der Waals surface area contributed by atoms with Crippen molar-refractivity contribution in [3.8, 4) is 11.5 Å². The monoisotopic (exact) mass is 376 g/mol. The van der Waals surface area contributed by atoms with Gasteiger partial charge in [-0.1, -0.05) is 0 Å². The fraction of sp³-hybridized carbons (Fsp3) is 0.333. The van der Waals surface area contributed by atoms with E-state index < -0.39 is 17.7 Å². The molecule has 2 rings (SSSR count). The molecule has 1 aromatic heterocycles. The van der Waals surface area contributed by atoms with E-state index in [0.29, 0.717) is 6.54 Å². The Morgan fingerprint density at radius 1 is 1.28 bits per heavy atom. The first kappa shape index (κ1) is 19.0. The highest BCUT2D eigenvalue weighted by molar-refractivity contribution is 7.07. The number of methoxy groups -OCH3 is 1. The molecule has 1 heterocycles. The van der Waals surface area contributed by atoms with Gasteiger partial charge < -0.3 is 14.8 Å². The van der Waals surface area contributed by atoms with Gasteiger partial charge in [0.05, 0.1) is 18.1 Å². The molecule has 0 amide bonds. The van der Waals surface area contributed by atoms with Crippen LogP contribution in [0.5, 0.6) is 11.5 Å². The second-order valence-corrected chi connectivity index (χ2v) is 5.81. The van der Waals surface area contributed by atoms with Crippen molar-refractivity contribution in [1.29, 1.82) is 0 Å². The lowest BCUT2D eigenvalue weighted by Gasteiger charge is -2.14. The quantitative estimate of drug-likeness (QED) is 0.559. The molecule has 0 aliphatic rings. The fourth-order valence-electron chi connectivity index (χ4n) is 2.07. The molecular formula is C15H15F3N2O4S. The van der Waals surface area contributed by atoms with E-state index in [1.54, 1.807) is 0 Å². The zero-order chi connectivity index (χ0) is 18.4. The minimum absolute atomic E-state index is 0.00202. The van der Waals surface area contributed by atoms with Gasteiger partial charge in [0.15, 0.2) is 18.1 Å². The maximum atomic E-state index is 12.3. The SMILES string of the molecule is COc1cc(CNCc2ccsc2)c([N+](=O)[O-])cc1OCC(F)(F)F.